The van der Waals surface area contributed by atoms with Crippen molar-refractivity contribution in [2.75, 3.05) is 39.0 Å². The second kappa shape index (κ2) is 6.75. The number of carbonyl (C=O) groups excluding carboxylic acids is 1. The zero-order chi connectivity index (χ0) is 14.5. The van der Waals surface area contributed by atoms with E-state index < -0.39 is 0 Å². The highest BCUT2D eigenvalue weighted by atomic mass is 16.2. The maximum Gasteiger partial charge on any atom is 0.253 e. The Morgan fingerprint density at radius 2 is 2.05 bits per heavy atom. The molecule has 1 aromatic carbocycles. The topological polar surface area (TPSA) is 35.6 Å². The molecule has 1 heterocycles. The minimum atomic E-state index is 0.149. The molecule has 0 aromatic heterocycles. The van der Waals surface area contributed by atoms with Crippen molar-refractivity contribution >= 4 is 11.6 Å². The minimum Gasteiger partial charge on any atom is -0.385 e. The Morgan fingerprint density at radius 1 is 1.35 bits per heavy atom. The van der Waals surface area contributed by atoms with Crippen LogP contribution in [0.15, 0.2) is 24.3 Å². The van der Waals surface area contributed by atoms with Gasteiger partial charge in [0.05, 0.1) is 0 Å². The van der Waals surface area contributed by atoms with Gasteiger partial charge in [0.2, 0.25) is 0 Å². The lowest BCUT2D eigenvalue weighted by Crippen LogP contribution is -2.34. The summed E-state index contributed by atoms with van der Waals surface area (Å²) in [4.78, 5) is 16.6. The average Bonchev–Trinajstić information content (AvgIpc) is 2.95. The molecule has 2 rings (SSSR count). The molecule has 4 heteroatoms. The molecular formula is C16H25N3O. The molecule has 1 unspecified atom stereocenters. The molecule has 0 spiro atoms. The molecule has 20 heavy (non-hydrogen) atoms. The van der Waals surface area contributed by atoms with Gasteiger partial charge in [-0.3, -0.25) is 4.79 Å². The Labute approximate surface area is 121 Å². The van der Waals surface area contributed by atoms with Crippen LogP contribution in [-0.2, 0) is 0 Å². The monoisotopic (exact) mass is 275 g/mol. The van der Waals surface area contributed by atoms with Gasteiger partial charge in [-0.25, -0.2) is 0 Å². The van der Waals surface area contributed by atoms with Crippen molar-refractivity contribution in [3.8, 4) is 0 Å². The fraction of sp³-hybridized carbons (Fsp3) is 0.562. The minimum absolute atomic E-state index is 0.149. The largest absolute Gasteiger partial charge is 0.385 e. The van der Waals surface area contributed by atoms with Gasteiger partial charge in [0.25, 0.3) is 5.91 Å². The number of carbonyl (C=O) groups is 1. The Bertz CT molecular complexity index is 442. The van der Waals surface area contributed by atoms with Gasteiger partial charge >= 0.3 is 0 Å². The first kappa shape index (κ1) is 14.9. The summed E-state index contributed by atoms with van der Waals surface area (Å²) in [6.07, 6.45) is 2.16. The maximum absolute atomic E-state index is 12.4. The number of hydrogen-bond donors (Lipinski definition) is 1. The predicted molar refractivity (Wildman–Crippen MR) is 83.2 cm³/mol. The number of amides is 1. The van der Waals surface area contributed by atoms with Crippen LogP contribution in [0.1, 0.15) is 30.1 Å². The lowest BCUT2D eigenvalue weighted by atomic mass is 10.2. The summed E-state index contributed by atoms with van der Waals surface area (Å²) >= 11 is 0. The van der Waals surface area contributed by atoms with Crippen molar-refractivity contribution in [1.82, 2.24) is 9.80 Å². The molecule has 1 N–H and O–H groups in total. The first-order valence-corrected chi connectivity index (χ1v) is 7.41. The van der Waals surface area contributed by atoms with Gasteiger partial charge in [-0.05, 0) is 51.2 Å². The molecule has 1 saturated heterocycles. The number of benzene rings is 1. The van der Waals surface area contributed by atoms with E-state index in [1.54, 1.807) is 0 Å². The smallest absolute Gasteiger partial charge is 0.253 e. The van der Waals surface area contributed by atoms with Crippen LogP contribution in [0.4, 0.5) is 5.69 Å². The highest BCUT2D eigenvalue weighted by Gasteiger charge is 2.27. The summed E-state index contributed by atoms with van der Waals surface area (Å²) in [5.74, 6) is 0.149. The average molecular weight is 275 g/mol. The Balaban J connectivity index is 1.96. The SMILES string of the molecule is CCCNc1ccc(C(=O)N2CCC(N(C)C)C2)cc1. The van der Waals surface area contributed by atoms with E-state index >= 15 is 0 Å². The number of nitrogens with zero attached hydrogens (tertiary/aromatic N) is 2. The summed E-state index contributed by atoms with van der Waals surface area (Å²) in [5, 5.41) is 3.32. The molecule has 1 aromatic rings. The van der Waals surface area contributed by atoms with Crippen LogP contribution in [0.3, 0.4) is 0 Å². The highest BCUT2D eigenvalue weighted by Crippen LogP contribution is 2.17. The second-order valence-electron chi connectivity index (χ2n) is 5.66. The van der Waals surface area contributed by atoms with Gasteiger partial charge in [0, 0.05) is 36.9 Å². The summed E-state index contributed by atoms with van der Waals surface area (Å²) in [6.45, 7) is 4.79. The van der Waals surface area contributed by atoms with E-state index in [0.717, 1.165) is 43.7 Å². The van der Waals surface area contributed by atoms with E-state index in [4.69, 9.17) is 0 Å². The van der Waals surface area contributed by atoms with Crippen LogP contribution in [0, 0.1) is 0 Å². The third kappa shape index (κ3) is 3.51. The van der Waals surface area contributed by atoms with E-state index in [1.807, 2.05) is 29.2 Å². The molecule has 0 radical (unpaired) electrons. The number of nitrogens with one attached hydrogen (secondary N) is 1. The molecule has 1 atom stereocenters. The molecule has 110 valence electrons. The first-order valence-electron chi connectivity index (χ1n) is 7.41. The predicted octanol–water partition coefficient (Wildman–Crippen LogP) is 2.28. The van der Waals surface area contributed by atoms with E-state index in [9.17, 15) is 4.79 Å². The standard InChI is InChI=1S/C16H25N3O/c1-4-10-17-14-7-5-13(6-8-14)16(20)19-11-9-15(12-19)18(2)3/h5-8,15,17H,4,9-12H2,1-3H3. The van der Waals surface area contributed by atoms with Crippen molar-refractivity contribution in [3.05, 3.63) is 29.8 Å². The zero-order valence-corrected chi connectivity index (χ0v) is 12.7. The van der Waals surface area contributed by atoms with Crippen LogP contribution in [0.25, 0.3) is 0 Å². The maximum atomic E-state index is 12.4. The van der Waals surface area contributed by atoms with Gasteiger partial charge in [-0.2, -0.15) is 0 Å². The van der Waals surface area contributed by atoms with Gasteiger partial charge < -0.3 is 15.1 Å². The molecular weight excluding hydrogens is 250 g/mol. The van der Waals surface area contributed by atoms with Crippen molar-refractivity contribution in [2.24, 2.45) is 0 Å². The molecule has 1 aliphatic heterocycles. The molecule has 1 aliphatic rings. The van der Waals surface area contributed by atoms with Gasteiger partial charge in [-0.1, -0.05) is 6.92 Å². The van der Waals surface area contributed by atoms with Crippen molar-refractivity contribution in [3.63, 3.8) is 0 Å². The second-order valence-corrected chi connectivity index (χ2v) is 5.66. The van der Waals surface area contributed by atoms with Crippen molar-refractivity contribution in [1.29, 1.82) is 0 Å². The Kier molecular flexibility index (Phi) is 5.01. The van der Waals surface area contributed by atoms with E-state index in [-0.39, 0.29) is 5.91 Å². The summed E-state index contributed by atoms with van der Waals surface area (Å²) in [7, 11) is 4.15. The fourth-order valence-electron chi connectivity index (χ4n) is 2.53. The number of likely N-dealkylation sites (N-methyl/N-ethyl adjacent to an activating group) is 1. The number of hydrogen-bond acceptors (Lipinski definition) is 3. The quantitative estimate of drug-likeness (QED) is 0.895. The summed E-state index contributed by atoms with van der Waals surface area (Å²) in [5.41, 5.74) is 1.86. The van der Waals surface area contributed by atoms with Gasteiger partial charge in [0.15, 0.2) is 0 Å². The van der Waals surface area contributed by atoms with Crippen molar-refractivity contribution in [2.45, 2.75) is 25.8 Å². The number of anilines is 1. The molecule has 0 saturated carbocycles. The van der Waals surface area contributed by atoms with Crippen LogP contribution in [0.5, 0.6) is 0 Å². The Morgan fingerprint density at radius 3 is 2.60 bits per heavy atom. The van der Waals surface area contributed by atoms with E-state index in [1.165, 1.54) is 0 Å². The molecule has 4 nitrogen and oxygen atoms in total. The van der Waals surface area contributed by atoms with Crippen LogP contribution in [0.2, 0.25) is 0 Å². The fourth-order valence-corrected chi connectivity index (χ4v) is 2.53. The number of likely N-dealkylation sites (tertiary alicyclic amines) is 1. The first-order chi connectivity index (χ1) is 9.61. The van der Waals surface area contributed by atoms with Gasteiger partial charge in [0.1, 0.15) is 0 Å². The van der Waals surface area contributed by atoms with Crippen LogP contribution >= 0.6 is 0 Å². The molecule has 1 fully saturated rings. The van der Waals surface area contributed by atoms with Gasteiger partial charge in [-0.15, -0.1) is 0 Å². The lowest BCUT2D eigenvalue weighted by Gasteiger charge is -2.20. The summed E-state index contributed by atoms with van der Waals surface area (Å²) in [6, 6.07) is 8.31. The zero-order valence-electron chi connectivity index (χ0n) is 12.7. The third-order valence-electron chi connectivity index (χ3n) is 3.89. The lowest BCUT2D eigenvalue weighted by molar-refractivity contribution is 0.0783. The number of rotatable bonds is 5. The van der Waals surface area contributed by atoms with E-state index in [2.05, 4.69) is 31.2 Å². The van der Waals surface area contributed by atoms with Crippen molar-refractivity contribution < 1.29 is 4.79 Å². The third-order valence-corrected chi connectivity index (χ3v) is 3.89. The molecule has 1 amide bonds. The van der Waals surface area contributed by atoms with E-state index in [0.29, 0.717) is 6.04 Å². The highest BCUT2D eigenvalue weighted by molar-refractivity contribution is 5.94. The Hall–Kier alpha value is -1.55. The normalized spacial score (nSPS) is 18.6. The van der Waals surface area contributed by atoms with Crippen LogP contribution < -0.4 is 5.32 Å². The van der Waals surface area contributed by atoms with Crippen LogP contribution in [-0.4, -0.2) is 55.5 Å². The summed E-state index contributed by atoms with van der Waals surface area (Å²) < 4.78 is 0. The molecule has 0 aliphatic carbocycles. The molecule has 0 bridgehead atoms.